The van der Waals surface area contributed by atoms with Crippen LogP contribution in [-0.4, -0.2) is 20.7 Å². The third-order valence-corrected chi connectivity index (χ3v) is 6.03. The molecule has 4 aromatic rings. The Balaban J connectivity index is 1.26. The van der Waals surface area contributed by atoms with Crippen molar-refractivity contribution < 1.29 is 9.21 Å². The fourth-order valence-electron chi connectivity index (χ4n) is 3.36. The third-order valence-electron chi connectivity index (χ3n) is 5.12. The molecule has 31 heavy (non-hydrogen) atoms. The molecule has 1 fully saturated rings. The summed E-state index contributed by atoms with van der Waals surface area (Å²) in [4.78, 5) is 17.3. The fraction of sp³-hybridized carbons (Fsp3) is 0.208. The van der Waals surface area contributed by atoms with Crippen molar-refractivity contribution in [1.29, 1.82) is 0 Å². The average Bonchev–Trinajstić information content (AvgIpc) is 3.35. The van der Waals surface area contributed by atoms with Gasteiger partial charge in [0, 0.05) is 17.2 Å². The summed E-state index contributed by atoms with van der Waals surface area (Å²) in [6, 6.07) is 21.5. The molecule has 5 rings (SSSR count). The number of nitrogens with zero attached hydrogens (tertiary/aromatic N) is 3. The SMILES string of the molecule is O=C(NCc1ccco1)c1cccc(CSc2nc(C3CC3)n(-c3ccccc3)n2)c1. The van der Waals surface area contributed by atoms with E-state index in [9.17, 15) is 4.79 Å². The lowest BCUT2D eigenvalue weighted by atomic mass is 10.1. The van der Waals surface area contributed by atoms with Crippen molar-refractivity contribution in [2.24, 2.45) is 0 Å². The van der Waals surface area contributed by atoms with Crippen LogP contribution < -0.4 is 5.32 Å². The number of hydrogen-bond acceptors (Lipinski definition) is 5. The Kier molecular flexibility index (Phi) is 5.58. The highest BCUT2D eigenvalue weighted by atomic mass is 32.2. The number of carbonyl (C=O) groups is 1. The zero-order valence-electron chi connectivity index (χ0n) is 16.9. The van der Waals surface area contributed by atoms with Crippen LogP contribution in [0.1, 0.15) is 46.3 Å². The zero-order valence-corrected chi connectivity index (χ0v) is 17.7. The van der Waals surface area contributed by atoms with Crippen LogP contribution >= 0.6 is 11.8 Å². The molecule has 0 atom stereocenters. The molecule has 1 saturated carbocycles. The lowest BCUT2D eigenvalue weighted by Gasteiger charge is -2.05. The van der Waals surface area contributed by atoms with Crippen LogP contribution in [0.2, 0.25) is 0 Å². The van der Waals surface area contributed by atoms with E-state index in [0.717, 1.165) is 28.0 Å². The Hall–Kier alpha value is -3.32. The number of aromatic nitrogens is 3. The summed E-state index contributed by atoms with van der Waals surface area (Å²) >= 11 is 1.59. The molecule has 0 bridgehead atoms. The van der Waals surface area contributed by atoms with E-state index in [2.05, 4.69) is 17.4 Å². The van der Waals surface area contributed by atoms with Crippen LogP contribution in [0.4, 0.5) is 0 Å². The summed E-state index contributed by atoms with van der Waals surface area (Å²) < 4.78 is 7.23. The smallest absolute Gasteiger partial charge is 0.251 e. The van der Waals surface area contributed by atoms with Gasteiger partial charge in [-0.3, -0.25) is 4.79 Å². The summed E-state index contributed by atoms with van der Waals surface area (Å²) in [7, 11) is 0. The van der Waals surface area contributed by atoms with Crippen molar-refractivity contribution in [3.8, 4) is 5.69 Å². The van der Waals surface area contributed by atoms with Crippen LogP contribution in [0.3, 0.4) is 0 Å². The van der Waals surface area contributed by atoms with E-state index >= 15 is 0 Å². The molecule has 156 valence electrons. The molecule has 1 aliphatic carbocycles. The molecule has 0 saturated heterocycles. The Bertz CT molecular complexity index is 1170. The first-order valence-electron chi connectivity index (χ1n) is 10.3. The van der Waals surface area contributed by atoms with Crippen molar-refractivity contribution >= 4 is 17.7 Å². The first-order chi connectivity index (χ1) is 15.3. The van der Waals surface area contributed by atoms with Crippen LogP contribution in [0.25, 0.3) is 5.69 Å². The molecule has 6 nitrogen and oxygen atoms in total. The van der Waals surface area contributed by atoms with Gasteiger partial charge in [0.05, 0.1) is 18.5 Å². The Morgan fingerprint density at radius 2 is 1.97 bits per heavy atom. The van der Waals surface area contributed by atoms with E-state index in [0.29, 0.717) is 23.8 Å². The van der Waals surface area contributed by atoms with Crippen molar-refractivity contribution in [1.82, 2.24) is 20.1 Å². The maximum absolute atomic E-state index is 12.5. The highest BCUT2D eigenvalue weighted by Gasteiger charge is 2.30. The monoisotopic (exact) mass is 430 g/mol. The van der Waals surface area contributed by atoms with Gasteiger partial charge in [0.1, 0.15) is 11.6 Å². The normalized spacial score (nSPS) is 13.3. The lowest BCUT2D eigenvalue weighted by Crippen LogP contribution is -2.22. The molecule has 0 unspecified atom stereocenters. The number of benzene rings is 2. The molecule has 1 amide bonds. The van der Waals surface area contributed by atoms with Crippen LogP contribution in [0, 0.1) is 0 Å². The fourth-order valence-corrected chi connectivity index (χ4v) is 4.14. The number of amides is 1. The van der Waals surface area contributed by atoms with Gasteiger partial charge in [0.25, 0.3) is 5.91 Å². The lowest BCUT2D eigenvalue weighted by molar-refractivity contribution is 0.0948. The summed E-state index contributed by atoms with van der Waals surface area (Å²) in [6.07, 6.45) is 3.94. The topological polar surface area (TPSA) is 73.0 Å². The second-order valence-corrected chi connectivity index (χ2v) is 8.47. The van der Waals surface area contributed by atoms with E-state index in [1.807, 2.05) is 53.2 Å². The second kappa shape index (κ2) is 8.81. The first kappa shape index (κ1) is 19.6. The summed E-state index contributed by atoms with van der Waals surface area (Å²) in [5, 5.41) is 8.40. The molecule has 7 heteroatoms. The third kappa shape index (κ3) is 4.72. The van der Waals surface area contributed by atoms with E-state index < -0.39 is 0 Å². The van der Waals surface area contributed by atoms with Gasteiger partial charge >= 0.3 is 0 Å². The summed E-state index contributed by atoms with van der Waals surface area (Å²) in [5.74, 6) is 2.85. The molecular formula is C24H22N4O2S. The van der Waals surface area contributed by atoms with E-state index in [-0.39, 0.29) is 5.91 Å². The minimum atomic E-state index is -0.120. The Labute approximate surface area is 184 Å². The highest BCUT2D eigenvalue weighted by Crippen LogP contribution is 2.40. The van der Waals surface area contributed by atoms with Gasteiger partial charge in [-0.05, 0) is 54.8 Å². The zero-order chi connectivity index (χ0) is 21.0. The number of nitrogens with one attached hydrogen (secondary N) is 1. The van der Waals surface area contributed by atoms with Crippen LogP contribution in [-0.2, 0) is 12.3 Å². The van der Waals surface area contributed by atoms with Gasteiger partial charge in [0.15, 0.2) is 0 Å². The Morgan fingerprint density at radius 1 is 1.10 bits per heavy atom. The molecule has 1 N–H and O–H groups in total. The average molecular weight is 431 g/mol. The molecular weight excluding hydrogens is 408 g/mol. The number of rotatable bonds is 8. The first-order valence-corrected chi connectivity index (χ1v) is 11.3. The molecule has 0 aliphatic heterocycles. The van der Waals surface area contributed by atoms with Gasteiger partial charge in [0.2, 0.25) is 5.16 Å². The van der Waals surface area contributed by atoms with Crippen LogP contribution in [0.15, 0.2) is 82.6 Å². The number of hydrogen-bond donors (Lipinski definition) is 1. The summed E-state index contributed by atoms with van der Waals surface area (Å²) in [5.41, 5.74) is 2.73. The molecule has 2 aromatic heterocycles. The number of furan rings is 1. The van der Waals surface area contributed by atoms with Crippen molar-refractivity contribution in [2.75, 3.05) is 0 Å². The molecule has 2 heterocycles. The molecule has 1 aliphatic rings. The second-order valence-electron chi connectivity index (χ2n) is 7.53. The van der Waals surface area contributed by atoms with Crippen molar-refractivity contribution in [2.45, 2.75) is 36.2 Å². The van der Waals surface area contributed by atoms with E-state index in [1.54, 1.807) is 24.1 Å². The van der Waals surface area contributed by atoms with Gasteiger partial charge < -0.3 is 9.73 Å². The molecule has 0 spiro atoms. The minimum absolute atomic E-state index is 0.120. The van der Waals surface area contributed by atoms with Crippen LogP contribution in [0.5, 0.6) is 0 Å². The molecule has 2 aromatic carbocycles. The van der Waals surface area contributed by atoms with Gasteiger partial charge in [-0.1, -0.05) is 42.1 Å². The maximum Gasteiger partial charge on any atom is 0.251 e. The van der Waals surface area contributed by atoms with Gasteiger partial charge in [-0.15, -0.1) is 5.10 Å². The number of carbonyl (C=O) groups excluding carboxylic acids is 1. The minimum Gasteiger partial charge on any atom is -0.467 e. The summed E-state index contributed by atoms with van der Waals surface area (Å²) in [6.45, 7) is 0.371. The van der Waals surface area contributed by atoms with E-state index in [1.165, 1.54) is 12.8 Å². The predicted octanol–water partition coefficient (Wildman–Crippen LogP) is 4.96. The Morgan fingerprint density at radius 3 is 2.74 bits per heavy atom. The van der Waals surface area contributed by atoms with Crippen molar-refractivity contribution in [3.05, 3.63) is 95.7 Å². The number of para-hydroxylation sites is 1. The van der Waals surface area contributed by atoms with Gasteiger partial charge in [-0.25, -0.2) is 9.67 Å². The van der Waals surface area contributed by atoms with Gasteiger partial charge in [-0.2, -0.15) is 0 Å². The molecule has 0 radical (unpaired) electrons. The standard InChI is InChI=1S/C24H22N4O2S/c29-23(25-15-21-10-5-13-30-21)19-7-4-6-17(14-19)16-31-24-26-22(18-11-12-18)28(27-24)20-8-2-1-3-9-20/h1-10,13-14,18H,11-12,15-16H2,(H,25,29). The van der Waals surface area contributed by atoms with E-state index in [4.69, 9.17) is 14.5 Å². The quantitative estimate of drug-likeness (QED) is 0.400. The largest absolute Gasteiger partial charge is 0.467 e. The maximum atomic E-state index is 12.5. The number of thioether (sulfide) groups is 1. The van der Waals surface area contributed by atoms with Crippen molar-refractivity contribution in [3.63, 3.8) is 0 Å². The predicted molar refractivity (Wildman–Crippen MR) is 119 cm³/mol. The highest BCUT2D eigenvalue weighted by molar-refractivity contribution is 7.98.